The SMILES string of the molecule is Cc1cccc(Oc2ccccc2NC(=O)c2ccc(S(=O)(=O)NC3CC3)cc2)c1. The highest BCUT2D eigenvalue weighted by atomic mass is 32.2. The lowest BCUT2D eigenvalue weighted by Crippen LogP contribution is -2.25. The van der Waals surface area contributed by atoms with E-state index in [0.717, 1.165) is 18.4 Å². The van der Waals surface area contributed by atoms with Gasteiger partial charge in [0.25, 0.3) is 5.91 Å². The highest BCUT2D eigenvalue weighted by Gasteiger charge is 2.28. The summed E-state index contributed by atoms with van der Waals surface area (Å²) in [6.07, 6.45) is 1.73. The number of hydrogen-bond donors (Lipinski definition) is 2. The predicted octanol–water partition coefficient (Wildman–Crippen LogP) is 4.48. The third-order valence-corrected chi connectivity index (χ3v) is 6.21. The fraction of sp³-hybridized carbons (Fsp3) is 0.174. The van der Waals surface area contributed by atoms with Crippen LogP contribution in [0.2, 0.25) is 0 Å². The summed E-state index contributed by atoms with van der Waals surface area (Å²) < 4.78 is 33.1. The molecule has 0 unspecified atom stereocenters. The standard InChI is InChI=1S/C23H22N2O4S/c1-16-5-4-6-19(15-16)29-22-8-3-2-7-21(22)24-23(26)17-9-13-20(14-10-17)30(27,28)25-18-11-12-18/h2-10,13-15,18,25H,11-12H2,1H3,(H,24,26). The minimum Gasteiger partial charge on any atom is -0.455 e. The Kier molecular flexibility index (Phi) is 5.57. The molecule has 0 heterocycles. The molecule has 0 spiro atoms. The molecular formula is C23H22N2O4S. The Labute approximate surface area is 176 Å². The first kappa shape index (κ1) is 20.1. The van der Waals surface area contributed by atoms with E-state index < -0.39 is 10.0 Å². The lowest BCUT2D eigenvalue weighted by Gasteiger charge is -2.13. The predicted molar refractivity (Wildman–Crippen MR) is 115 cm³/mol. The smallest absolute Gasteiger partial charge is 0.255 e. The largest absolute Gasteiger partial charge is 0.455 e. The third-order valence-electron chi connectivity index (χ3n) is 4.68. The lowest BCUT2D eigenvalue weighted by atomic mass is 10.2. The first-order valence-corrected chi connectivity index (χ1v) is 11.2. The topological polar surface area (TPSA) is 84.5 Å². The monoisotopic (exact) mass is 422 g/mol. The minimum absolute atomic E-state index is 0.0304. The second-order valence-corrected chi connectivity index (χ2v) is 9.00. The molecular weight excluding hydrogens is 400 g/mol. The first-order chi connectivity index (χ1) is 14.4. The molecule has 3 aromatic carbocycles. The van der Waals surface area contributed by atoms with E-state index in [2.05, 4.69) is 10.0 Å². The van der Waals surface area contributed by atoms with Gasteiger partial charge >= 0.3 is 0 Å². The summed E-state index contributed by atoms with van der Waals surface area (Å²) >= 11 is 0. The van der Waals surface area contributed by atoms with Gasteiger partial charge in [-0.05, 0) is 73.9 Å². The molecule has 0 aromatic heterocycles. The van der Waals surface area contributed by atoms with Crippen LogP contribution in [0.3, 0.4) is 0 Å². The molecule has 0 saturated heterocycles. The molecule has 0 radical (unpaired) electrons. The second-order valence-electron chi connectivity index (χ2n) is 7.29. The van der Waals surface area contributed by atoms with Crippen molar-refractivity contribution in [3.05, 3.63) is 83.9 Å². The zero-order chi connectivity index (χ0) is 21.1. The van der Waals surface area contributed by atoms with Crippen molar-refractivity contribution in [2.45, 2.75) is 30.7 Å². The van der Waals surface area contributed by atoms with E-state index in [-0.39, 0.29) is 16.8 Å². The quantitative estimate of drug-likeness (QED) is 0.588. The normalized spacial score (nSPS) is 13.6. The molecule has 3 aromatic rings. The van der Waals surface area contributed by atoms with Crippen molar-refractivity contribution in [1.29, 1.82) is 0 Å². The van der Waals surface area contributed by atoms with Crippen LogP contribution in [-0.4, -0.2) is 20.4 Å². The first-order valence-electron chi connectivity index (χ1n) is 9.68. The number of amides is 1. The zero-order valence-electron chi connectivity index (χ0n) is 16.5. The van der Waals surface area contributed by atoms with Crippen LogP contribution >= 0.6 is 0 Å². The number of anilines is 1. The van der Waals surface area contributed by atoms with Gasteiger partial charge in [0.15, 0.2) is 5.75 Å². The number of carbonyl (C=O) groups excluding carboxylic acids is 1. The number of sulfonamides is 1. The average molecular weight is 423 g/mol. The molecule has 1 saturated carbocycles. The van der Waals surface area contributed by atoms with Crippen molar-refractivity contribution in [3.63, 3.8) is 0 Å². The van der Waals surface area contributed by atoms with Gasteiger partial charge in [-0.2, -0.15) is 0 Å². The van der Waals surface area contributed by atoms with Gasteiger partial charge in [0.05, 0.1) is 10.6 Å². The van der Waals surface area contributed by atoms with Crippen LogP contribution in [0.5, 0.6) is 11.5 Å². The van der Waals surface area contributed by atoms with Gasteiger partial charge in [-0.15, -0.1) is 0 Å². The summed E-state index contributed by atoms with van der Waals surface area (Å²) in [5, 5.41) is 2.83. The molecule has 1 amide bonds. The molecule has 6 nitrogen and oxygen atoms in total. The number of nitrogens with one attached hydrogen (secondary N) is 2. The van der Waals surface area contributed by atoms with Gasteiger partial charge in [-0.1, -0.05) is 24.3 Å². The molecule has 1 fully saturated rings. The maximum atomic E-state index is 12.7. The van der Waals surface area contributed by atoms with Crippen LogP contribution in [0.1, 0.15) is 28.8 Å². The van der Waals surface area contributed by atoms with Gasteiger partial charge in [0.2, 0.25) is 10.0 Å². The van der Waals surface area contributed by atoms with Gasteiger partial charge in [0.1, 0.15) is 5.75 Å². The van der Waals surface area contributed by atoms with Crippen molar-refractivity contribution in [2.24, 2.45) is 0 Å². The lowest BCUT2D eigenvalue weighted by molar-refractivity contribution is 0.102. The van der Waals surface area contributed by atoms with E-state index in [0.29, 0.717) is 22.7 Å². The summed E-state index contributed by atoms with van der Waals surface area (Å²) in [6, 6.07) is 20.7. The third kappa shape index (κ3) is 4.87. The average Bonchev–Trinajstić information content (AvgIpc) is 3.53. The van der Waals surface area contributed by atoms with Gasteiger partial charge in [-0.25, -0.2) is 13.1 Å². The number of ether oxygens (including phenoxy) is 1. The summed E-state index contributed by atoms with van der Waals surface area (Å²) in [4.78, 5) is 12.8. The number of aryl methyl sites for hydroxylation is 1. The van der Waals surface area contributed by atoms with Crippen molar-refractivity contribution < 1.29 is 17.9 Å². The highest BCUT2D eigenvalue weighted by molar-refractivity contribution is 7.89. The summed E-state index contributed by atoms with van der Waals surface area (Å²) in [5.41, 5.74) is 1.95. The number of para-hydroxylation sites is 2. The summed E-state index contributed by atoms with van der Waals surface area (Å²) in [5.74, 6) is 0.841. The van der Waals surface area contributed by atoms with E-state index in [4.69, 9.17) is 4.74 Å². The van der Waals surface area contributed by atoms with Crippen LogP contribution in [0.15, 0.2) is 77.7 Å². The van der Waals surface area contributed by atoms with E-state index in [1.54, 1.807) is 18.2 Å². The van der Waals surface area contributed by atoms with Gasteiger partial charge in [-0.3, -0.25) is 4.79 Å². The minimum atomic E-state index is -3.54. The number of benzene rings is 3. The molecule has 1 aliphatic rings. The van der Waals surface area contributed by atoms with E-state index >= 15 is 0 Å². The molecule has 1 aliphatic carbocycles. The van der Waals surface area contributed by atoms with Crippen LogP contribution in [0, 0.1) is 6.92 Å². The maximum absolute atomic E-state index is 12.7. The Morgan fingerprint density at radius 1 is 0.967 bits per heavy atom. The molecule has 154 valence electrons. The van der Waals surface area contributed by atoms with Crippen molar-refractivity contribution in [1.82, 2.24) is 4.72 Å². The highest BCUT2D eigenvalue weighted by Crippen LogP contribution is 2.30. The Morgan fingerprint density at radius 2 is 1.70 bits per heavy atom. The molecule has 0 aliphatic heterocycles. The van der Waals surface area contributed by atoms with E-state index in [9.17, 15) is 13.2 Å². The molecule has 0 bridgehead atoms. The van der Waals surface area contributed by atoms with Crippen LogP contribution < -0.4 is 14.8 Å². The fourth-order valence-corrected chi connectivity index (χ4v) is 4.24. The Hall–Kier alpha value is -3.16. The summed E-state index contributed by atoms with van der Waals surface area (Å²) in [7, 11) is -3.54. The van der Waals surface area contributed by atoms with Crippen molar-refractivity contribution in [3.8, 4) is 11.5 Å². The van der Waals surface area contributed by atoms with Gasteiger partial charge < -0.3 is 10.1 Å². The zero-order valence-corrected chi connectivity index (χ0v) is 17.3. The van der Waals surface area contributed by atoms with Gasteiger partial charge in [0, 0.05) is 11.6 Å². The summed E-state index contributed by atoms with van der Waals surface area (Å²) in [6.45, 7) is 1.98. The Morgan fingerprint density at radius 3 is 2.40 bits per heavy atom. The second kappa shape index (κ2) is 8.30. The van der Waals surface area contributed by atoms with Crippen molar-refractivity contribution >= 4 is 21.6 Å². The fourth-order valence-electron chi connectivity index (χ4n) is 2.93. The van der Waals surface area contributed by atoms with Crippen molar-refractivity contribution in [2.75, 3.05) is 5.32 Å². The van der Waals surface area contributed by atoms with E-state index in [1.807, 2.05) is 37.3 Å². The number of rotatable bonds is 7. The molecule has 4 rings (SSSR count). The number of carbonyl (C=O) groups is 1. The van der Waals surface area contributed by atoms with E-state index in [1.165, 1.54) is 24.3 Å². The molecule has 30 heavy (non-hydrogen) atoms. The molecule has 7 heteroatoms. The van der Waals surface area contributed by atoms with Crippen LogP contribution in [0.4, 0.5) is 5.69 Å². The molecule has 0 atom stereocenters. The maximum Gasteiger partial charge on any atom is 0.255 e. The number of hydrogen-bond acceptors (Lipinski definition) is 4. The molecule has 2 N–H and O–H groups in total. The Bertz CT molecular complexity index is 1170. The van der Waals surface area contributed by atoms with Crippen LogP contribution in [0.25, 0.3) is 0 Å². The Balaban J connectivity index is 1.49. The van der Waals surface area contributed by atoms with Crippen LogP contribution in [-0.2, 0) is 10.0 Å².